The smallest absolute Gasteiger partial charge is 0.174 e. The molecule has 0 bridgehead atoms. The standard InChI is InChI=1S/C26H27FN2O3S/c1-17-4-8-20(9-5-17)28-26(33)29-13-12-18-14-24(30-2)25(31-3)15-22(18)23(29)16-32-21-10-6-19(27)7-11-21/h4-11,14-15,23H,12-13,16H2,1-3H3,(H,28,33)/t23-/m1/s1. The van der Waals surface area contributed by atoms with Crippen molar-refractivity contribution in [2.75, 3.05) is 32.7 Å². The fourth-order valence-electron chi connectivity index (χ4n) is 3.99. The summed E-state index contributed by atoms with van der Waals surface area (Å²) in [5.74, 6) is 1.65. The van der Waals surface area contributed by atoms with Gasteiger partial charge in [0.25, 0.3) is 0 Å². The first-order valence-electron chi connectivity index (χ1n) is 10.8. The summed E-state index contributed by atoms with van der Waals surface area (Å²) in [5, 5.41) is 3.97. The van der Waals surface area contributed by atoms with Crippen LogP contribution in [-0.4, -0.2) is 37.4 Å². The predicted octanol–water partition coefficient (Wildman–Crippen LogP) is 5.53. The highest BCUT2D eigenvalue weighted by Gasteiger charge is 2.31. The van der Waals surface area contributed by atoms with Gasteiger partial charge in [-0.25, -0.2) is 4.39 Å². The summed E-state index contributed by atoms with van der Waals surface area (Å²) in [6.07, 6.45) is 0.804. The summed E-state index contributed by atoms with van der Waals surface area (Å²) in [4.78, 5) is 2.13. The Bertz CT molecular complexity index is 1120. The van der Waals surface area contributed by atoms with E-state index in [1.165, 1.54) is 17.7 Å². The lowest BCUT2D eigenvalue weighted by molar-refractivity contribution is 0.190. The van der Waals surface area contributed by atoms with Gasteiger partial charge in [0.15, 0.2) is 16.6 Å². The Morgan fingerprint density at radius 3 is 2.36 bits per heavy atom. The Labute approximate surface area is 199 Å². The van der Waals surface area contributed by atoms with Crippen LogP contribution in [0.3, 0.4) is 0 Å². The third kappa shape index (κ3) is 5.20. The molecule has 0 aliphatic carbocycles. The van der Waals surface area contributed by atoms with Gasteiger partial charge >= 0.3 is 0 Å². The van der Waals surface area contributed by atoms with Crippen molar-refractivity contribution in [3.05, 3.63) is 83.2 Å². The number of hydrogen-bond donors (Lipinski definition) is 1. The topological polar surface area (TPSA) is 43.0 Å². The lowest BCUT2D eigenvalue weighted by atomic mass is 9.92. The van der Waals surface area contributed by atoms with Gasteiger partial charge in [-0.3, -0.25) is 0 Å². The Morgan fingerprint density at radius 2 is 1.70 bits per heavy atom. The zero-order valence-electron chi connectivity index (χ0n) is 18.9. The van der Waals surface area contributed by atoms with Gasteiger partial charge in [0.1, 0.15) is 18.2 Å². The van der Waals surface area contributed by atoms with Crippen molar-refractivity contribution in [3.8, 4) is 17.2 Å². The minimum atomic E-state index is -0.299. The van der Waals surface area contributed by atoms with Crippen LogP contribution in [0.2, 0.25) is 0 Å². The van der Waals surface area contributed by atoms with Crippen molar-refractivity contribution in [1.82, 2.24) is 4.90 Å². The maximum atomic E-state index is 13.3. The Kier molecular flexibility index (Phi) is 6.99. The molecule has 0 amide bonds. The number of ether oxygens (including phenoxy) is 3. The highest BCUT2D eigenvalue weighted by atomic mass is 32.1. The number of anilines is 1. The van der Waals surface area contributed by atoms with E-state index in [2.05, 4.69) is 10.2 Å². The molecule has 0 saturated carbocycles. The average molecular weight is 467 g/mol. The van der Waals surface area contributed by atoms with Gasteiger partial charge in [-0.15, -0.1) is 0 Å². The Balaban J connectivity index is 1.63. The molecular formula is C26H27FN2O3S. The quantitative estimate of drug-likeness (QED) is 0.482. The molecule has 1 heterocycles. The first-order chi connectivity index (χ1) is 16.0. The van der Waals surface area contributed by atoms with E-state index in [0.717, 1.165) is 29.8 Å². The highest BCUT2D eigenvalue weighted by Crippen LogP contribution is 2.38. The zero-order chi connectivity index (χ0) is 23.4. The largest absolute Gasteiger partial charge is 0.493 e. The van der Waals surface area contributed by atoms with Crippen molar-refractivity contribution in [3.63, 3.8) is 0 Å². The highest BCUT2D eigenvalue weighted by molar-refractivity contribution is 7.80. The molecule has 0 spiro atoms. The molecule has 3 aromatic rings. The number of methoxy groups -OCH3 is 2. The predicted molar refractivity (Wildman–Crippen MR) is 132 cm³/mol. The third-order valence-electron chi connectivity index (χ3n) is 5.79. The lowest BCUT2D eigenvalue weighted by Gasteiger charge is -2.39. The maximum absolute atomic E-state index is 13.3. The molecule has 33 heavy (non-hydrogen) atoms. The summed E-state index contributed by atoms with van der Waals surface area (Å²) in [7, 11) is 3.26. The summed E-state index contributed by atoms with van der Waals surface area (Å²) < 4.78 is 30.4. The molecule has 1 aliphatic heterocycles. The fourth-order valence-corrected chi connectivity index (χ4v) is 4.33. The molecule has 0 aromatic heterocycles. The second-order valence-corrected chi connectivity index (χ2v) is 8.31. The van der Waals surface area contributed by atoms with Crippen molar-refractivity contribution in [1.29, 1.82) is 0 Å². The van der Waals surface area contributed by atoms with E-state index in [9.17, 15) is 4.39 Å². The number of aryl methyl sites for hydroxylation is 1. The van der Waals surface area contributed by atoms with Crippen LogP contribution in [0, 0.1) is 12.7 Å². The monoisotopic (exact) mass is 466 g/mol. The summed E-state index contributed by atoms with van der Waals surface area (Å²) in [6.45, 7) is 3.11. The zero-order valence-corrected chi connectivity index (χ0v) is 19.7. The molecule has 5 nitrogen and oxygen atoms in total. The fraction of sp³-hybridized carbons (Fsp3) is 0.269. The van der Waals surface area contributed by atoms with Crippen molar-refractivity contribution < 1.29 is 18.6 Å². The lowest BCUT2D eigenvalue weighted by Crippen LogP contribution is -2.44. The number of nitrogens with one attached hydrogen (secondary N) is 1. The SMILES string of the molecule is COc1cc2c(cc1OC)[C@@H](COc1ccc(F)cc1)N(C(=S)Nc1ccc(C)cc1)CC2. The number of hydrogen-bond acceptors (Lipinski definition) is 4. The second-order valence-electron chi connectivity index (χ2n) is 7.93. The van der Waals surface area contributed by atoms with Gasteiger partial charge in [-0.05, 0) is 85.2 Å². The van der Waals surface area contributed by atoms with E-state index in [1.54, 1.807) is 26.4 Å². The van der Waals surface area contributed by atoms with E-state index in [1.807, 2.05) is 43.3 Å². The Morgan fingerprint density at radius 1 is 1.03 bits per heavy atom. The minimum Gasteiger partial charge on any atom is -0.493 e. The van der Waals surface area contributed by atoms with Gasteiger partial charge in [0.2, 0.25) is 0 Å². The average Bonchev–Trinajstić information content (AvgIpc) is 2.83. The van der Waals surface area contributed by atoms with Gasteiger partial charge in [0, 0.05) is 12.2 Å². The Hall–Kier alpha value is -3.32. The summed E-state index contributed by atoms with van der Waals surface area (Å²) in [5.41, 5.74) is 4.34. The van der Waals surface area contributed by atoms with Crippen LogP contribution in [0.15, 0.2) is 60.7 Å². The van der Waals surface area contributed by atoms with Crippen LogP contribution in [-0.2, 0) is 6.42 Å². The van der Waals surface area contributed by atoms with Crippen molar-refractivity contribution >= 4 is 23.0 Å². The van der Waals surface area contributed by atoms with E-state index >= 15 is 0 Å². The maximum Gasteiger partial charge on any atom is 0.174 e. The minimum absolute atomic E-state index is 0.163. The van der Waals surface area contributed by atoms with E-state index < -0.39 is 0 Å². The van der Waals surface area contributed by atoms with Crippen LogP contribution >= 0.6 is 12.2 Å². The molecule has 172 valence electrons. The first-order valence-corrected chi connectivity index (χ1v) is 11.2. The molecule has 0 radical (unpaired) electrons. The number of rotatable bonds is 6. The van der Waals surface area contributed by atoms with Gasteiger partial charge in [-0.1, -0.05) is 17.7 Å². The molecule has 3 aromatic carbocycles. The molecule has 1 N–H and O–H groups in total. The van der Waals surface area contributed by atoms with Crippen molar-refractivity contribution in [2.45, 2.75) is 19.4 Å². The first kappa shape index (κ1) is 22.9. The number of halogens is 1. The molecule has 0 fully saturated rings. The number of fused-ring (bicyclic) bond motifs is 1. The molecule has 4 rings (SSSR count). The normalized spacial score (nSPS) is 14.9. The number of thiocarbonyl (C=S) groups is 1. The van der Waals surface area contributed by atoms with Crippen LogP contribution < -0.4 is 19.5 Å². The molecule has 0 saturated heterocycles. The van der Waals surface area contributed by atoms with E-state index in [0.29, 0.717) is 29.0 Å². The van der Waals surface area contributed by atoms with Crippen LogP contribution in [0.25, 0.3) is 0 Å². The van der Waals surface area contributed by atoms with Crippen molar-refractivity contribution in [2.24, 2.45) is 0 Å². The molecule has 1 aliphatic rings. The molecular weight excluding hydrogens is 439 g/mol. The second kappa shape index (κ2) is 10.1. The molecule has 7 heteroatoms. The molecule has 1 atom stereocenters. The number of nitrogens with zero attached hydrogens (tertiary/aromatic N) is 1. The van der Waals surface area contributed by atoms with Crippen LogP contribution in [0.1, 0.15) is 22.7 Å². The van der Waals surface area contributed by atoms with E-state index in [4.69, 9.17) is 26.4 Å². The summed E-state index contributed by atoms with van der Waals surface area (Å²) in [6, 6.07) is 18.0. The number of benzene rings is 3. The van der Waals surface area contributed by atoms with Gasteiger partial charge in [-0.2, -0.15) is 0 Å². The van der Waals surface area contributed by atoms with Crippen LogP contribution in [0.5, 0.6) is 17.2 Å². The van der Waals surface area contributed by atoms with Crippen LogP contribution in [0.4, 0.5) is 10.1 Å². The summed E-state index contributed by atoms with van der Waals surface area (Å²) >= 11 is 5.81. The third-order valence-corrected chi connectivity index (χ3v) is 6.12. The van der Waals surface area contributed by atoms with Gasteiger partial charge < -0.3 is 24.4 Å². The molecule has 0 unspecified atom stereocenters. The van der Waals surface area contributed by atoms with E-state index in [-0.39, 0.29) is 11.9 Å². The van der Waals surface area contributed by atoms with Gasteiger partial charge in [0.05, 0.1) is 20.3 Å².